The summed E-state index contributed by atoms with van der Waals surface area (Å²) in [4.78, 5) is 9.59. The maximum Gasteiger partial charge on any atom is 0.217 e. The summed E-state index contributed by atoms with van der Waals surface area (Å²) in [6, 6.07) is 0. The van der Waals surface area contributed by atoms with Crippen LogP contribution in [0.4, 0.5) is 0 Å². The Bertz CT molecular complexity index is 86.8. The first-order valence-electron chi connectivity index (χ1n) is 3.63. The molecule has 0 aliphatic carbocycles. The second-order valence-electron chi connectivity index (χ2n) is 2.14. The van der Waals surface area contributed by atoms with Crippen LogP contribution in [0.15, 0.2) is 0 Å². The Balaban J connectivity index is 0. The summed E-state index contributed by atoms with van der Waals surface area (Å²) in [6.07, 6.45) is 3.00. The lowest BCUT2D eigenvalue weighted by Gasteiger charge is -1.76. The molecule has 2 N–H and O–H groups in total. The quantitative estimate of drug-likeness (QED) is 0.599. The molecule has 0 saturated carbocycles. The predicted octanol–water partition coefficient (Wildman–Crippen LogP) is 0.924. The molecular weight excluding hydrogens is 130 g/mol. The van der Waals surface area contributed by atoms with E-state index in [4.69, 9.17) is 4.74 Å². The van der Waals surface area contributed by atoms with Gasteiger partial charge < -0.3 is 10.5 Å². The van der Waals surface area contributed by atoms with E-state index in [0.29, 0.717) is 6.42 Å². The highest BCUT2D eigenvalue weighted by Gasteiger charge is 1.94. The molecule has 1 heterocycles. The Labute approximate surface area is 63.0 Å². The zero-order valence-electron chi connectivity index (χ0n) is 6.43. The minimum atomic E-state index is -0.245. The highest BCUT2D eigenvalue weighted by atomic mass is 16.5. The topological polar surface area (TPSA) is 52.3 Å². The van der Waals surface area contributed by atoms with E-state index in [1.165, 1.54) is 12.8 Å². The van der Waals surface area contributed by atoms with Crippen molar-refractivity contribution in [3.05, 3.63) is 0 Å². The number of nitrogens with two attached hydrogens (primary N) is 1. The van der Waals surface area contributed by atoms with Crippen LogP contribution in [0.3, 0.4) is 0 Å². The number of carbonyl (C=O) groups excluding carboxylic acids is 1. The van der Waals surface area contributed by atoms with Crippen LogP contribution < -0.4 is 5.73 Å². The zero-order chi connectivity index (χ0) is 7.82. The third-order valence-electron chi connectivity index (χ3n) is 1.18. The van der Waals surface area contributed by atoms with Crippen molar-refractivity contribution in [3.8, 4) is 0 Å². The normalized spacial score (nSPS) is 15.7. The molecule has 3 nitrogen and oxygen atoms in total. The summed E-state index contributed by atoms with van der Waals surface area (Å²) in [7, 11) is 0. The fraction of sp³-hybridized carbons (Fsp3) is 0.857. The van der Waals surface area contributed by atoms with Gasteiger partial charge in [0, 0.05) is 21.1 Å². The second-order valence-corrected chi connectivity index (χ2v) is 2.14. The van der Waals surface area contributed by atoms with Gasteiger partial charge in [-0.05, 0) is 12.8 Å². The molecule has 3 heteroatoms. The fourth-order valence-corrected chi connectivity index (χ4v) is 0.510. The number of hydrogen-bond acceptors (Lipinski definition) is 2. The molecule has 0 aromatic heterocycles. The standard InChI is InChI=1S/C4H8O.C3H7NO.H2/c1-2-4-5-3-1;1-2-3(4)5;/h1-4H2;2H2,1H3,(H2,4,5);1H. The van der Waals surface area contributed by atoms with E-state index in [0.717, 1.165) is 13.2 Å². The molecule has 0 aromatic carbocycles. The van der Waals surface area contributed by atoms with Gasteiger partial charge in [-0.3, -0.25) is 4.79 Å². The SMILES string of the molecule is C1CCOC1.CCC(N)=O.[HH]. The monoisotopic (exact) mass is 147 g/mol. The first kappa shape index (κ1) is 9.43. The van der Waals surface area contributed by atoms with Crippen molar-refractivity contribution in [1.29, 1.82) is 0 Å². The van der Waals surface area contributed by atoms with Crippen LogP contribution in [0.1, 0.15) is 27.6 Å². The van der Waals surface area contributed by atoms with Crippen molar-refractivity contribution >= 4 is 5.91 Å². The molecule has 0 aromatic rings. The van der Waals surface area contributed by atoms with Gasteiger partial charge >= 0.3 is 0 Å². The van der Waals surface area contributed by atoms with E-state index in [1.54, 1.807) is 6.92 Å². The van der Waals surface area contributed by atoms with Gasteiger partial charge in [-0.1, -0.05) is 6.92 Å². The van der Waals surface area contributed by atoms with Gasteiger partial charge in [-0.25, -0.2) is 0 Å². The lowest BCUT2D eigenvalue weighted by molar-refractivity contribution is -0.117. The lowest BCUT2D eigenvalue weighted by Crippen LogP contribution is -2.06. The highest BCUT2D eigenvalue weighted by Crippen LogP contribution is 1.98. The van der Waals surface area contributed by atoms with Crippen molar-refractivity contribution in [2.75, 3.05) is 13.2 Å². The van der Waals surface area contributed by atoms with Gasteiger partial charge in [0.1, 0.15) is 0 Å². The number of rotatable bonds is 1. The number of carbonyl (C=O) groups is 1. The van der Waals surface area contributed by atoms with Crippen LogP contribution in [0, 0.1) is 0 Å². The molecule has 1 aliphatic heterocycles. The molecule has 1 fully saturated rings. The van der Waals surface area contributed by atoms with Crippen molar-refractivity contribution in [2.45, 2.75) is 26.2 Å². The van der Waals surface area contributed by atoms with E-state index in [1.807, 2.05) is 0 Å². The van der Waals surface area contributed by atoms with Gasteiger partial charge in [-0.15, -0.1) is 0 Å². The molecule has 1 rings (SSSR count). The van der Waals surface area contributed by atoms with E-state index in [-0.39, 0.29) is 7.33 Å². The van der Waals surface area contributed by atoms with E-state index in [9.17, 15) is 4.79 Å². The summed E-state index contributed by atoms with van der Waals surface area (Å²) < 4.78 is 4.94. The van der Waals surface area contributed by atoms with Crippen LogP contribution >= 0.6 is 0 Å². The molecule has 62 valence electrons. The van der Waals surface area contributed by atoms with E-state index in [2.05, 4.69) is 5.73 Å². The van der Waals surface area contributed by atoms with Crippen molar-refractivity contribution in [1.82, 2.24) is 0 Å². The molecule has 10 heavy (non-hydrogen) atoms. The molecule has 1 amide bonds. The van der Waals surface area contributed by atoms with Crippen LogP contribution in [0.5, 0.6) is 0 Å². The molecular formula is C7H17NO2. The van der Waals surface area contributed by atoms with Crippen molar-refractivity contribution in [2.24, 2.45) is 5.73 Å². The zero-order valence-corrected chi connectivity index (χ0v) is 6.43. The molecule has 0 bridgehead atoms. The number of amides is 1. The second kappa shape index (κ2) is 6.55. The predicted molar refractivity (Wildman–Crippen MR) is 41.7 cm³/mol. The molecule has 0 atom stereocenters. The Kier molecular flexibility index (Phi) is 6.18. The van der Waals surface area contributed by atoms with Crippen LogP contribution in [-0.4, -0.2) is 19.1 Å². The third-order valence-corrected chi connectivity index (χ3v) is 1.18. The smallest absolute Gasteiger partial charge is 0.217 e. The van der Waals surface area contributed by atoms with E-state index >= 15 is 0 Å². The van der Waals surface area contributed by atoms with Crippen LogP contribution in [0.2, 0.25) is 0 Å². The van der Waals surface area contributed by atoms with Gasteiger partial charge in [0.05, 0.1) is 0 Å². The Morgan fingerprint density at radius 3 is 2.10 bits per heavy atom. The van der Waals surface area contributed by atoms with Crippen molar-refractivity contribution < 1.29 is 11.0 Å². The molecule has 1 aliphatic rings. The van der Waals surface area contributed by atoms with Gasteiger partial charge in [0.25, 0.3) is 0 Å². The Morgan fingerprint density at radius 1 is 1.60 bits per heavy atom. The first-order chi connectivity index (χ1) is 4.77. The summed E-state index contributed by atoms with van der Waals surface area (Å²) in [5.74, 6) is -0.245. The maximum absolute atomic E-state index is 9.59. The number of hydrogen-bond donors (Lipinski definition) is 1. The van der Waals surface area contributed by atoms with Crippen LogP contribution in [-0.2, 0) is 9.53 Å². The molecule has 1 saturated heterocycles. The van der Waals surface area contributed by atoms with E-state index < -0.39 is 0 Å². The molecule has 0 spiro atoms. The number of primary amides is 1. The maximum atomic E-state index is 9.59. The van der Waals surface area contributed by atoms with Gasteiger partial charge in [0.2, 0.25) is 5.91 Å². The Hall–Kier alpha value is -0.570. The third kappa shape index (κ3) is 7.43. The van der Waals surface area contributed by atoms with Crippen LogP contribution in [0.25, 0.3) is 0 Å². The lowest BCUT2D eigenvalue weighted by atomic mass is 10.4. The summed E-state index contributed by atoms with van der Waals surface area (Å²) >= 11 is 0. The Morgan fingerprint density at radius 2 is 2.00 bits per heavy atom. The molecule has 0 radical (unpaired) electrons. The van der Waals surface area contributed by atoms with Gasteiger partial charge in [0.15, 0.2) is 0 Å². The average molecular weight is 147 g/mol. The van der Waals surface area contributed by atoms with Crippen molar-refractivity contribution in [3.63, 3.8) is 0 Å². The van der Waals surface area contributed by atoms with Gasteiger partial charge in [-0.2, -0.15) is 0 Å². The summed E-state index contributed by atoms with van der Waals surface area (Å²) in [6.45, 7) is 3.72. The molecule has 0 unspecified atom stereocenters. The average Bonchev–Trinajstić information content (AvgIpc) is 2.43. The highest BCUT2D eigenvalue weighted by molar-refractivity contribution is 5.73. The summed E-state index contributed by atoms with van der Waals surface area (Å²) in [5.41, 5.74) is 4.65. The minimum absolute atomic E-state index is 0. The largest absolute Gasteiger partial charge is 0.381 e. The fourth-order valence-electron chi connectivity index (χ4n) is 0.510. The first-order valence-corrected chi connectivity index (χ1v) is 3.63. The minimum Gasteiger partial charge on any atom is -0.381 e. The summed E-state index contributed by atoms with van der Waals surface area (Å²) in [5, 5.41) is 0. The number of ether oxygens (including phenoxy) is 1.